The number of primary amides is 1. The zero-order chi connectivity index (χ0) is 48.6. The fraction of sp³-hybridized carbons (Fsp3) is 0.405. The van der Waals surface area contributed by atoms with Crippen molar-refractivity contribution in [1.82, 2.24) is 29.1 Å². The molecule has 4 atom stereocenters. The fourth-order valence-electron chi connectivity index (χ4n) is 9.21. The van der Waals surface area contributed by atoms with Gasteiger partial charge in [-0.15, -0.1) is 0 Å². The van der Waals surface area contributed by atoms with Crippen LogP contribution in [0, 0.1) is 17.6 Å². The Balaban J connectivity index is 1.40. The maximum absolute atomic E-state index is 16.3. The zero-order valence-electron chi connectivity index (χ0n) is 35.8. The van der Waals surface area contributed by atoms with Crippen molar-refractivity contribution >= 4 is 67.7 Å². The van der Waals surface area contributed by atoms with E-state index in [1.54, 1.807) is 27.7 Å². The van der Waals surface area contributed by atoms with Crippen molar-refractivity contribution in [1.29, 1.82) is 0 Å². The average Bonchev–Trinajstić information content (AvgIpc) is 3.62. The minimum Gasteiger partial charge on any atom is -0.399 e. The molecule has 3 aliphatic rings. The number of nitrogens with zero attached hydrogens (tertiary/aromatic N) is 6. The molecule has 0 spiro atoms. The highest BCUT2D eigenvalue weighted by Gasteiger charge is 2.68. The summed E-state index contributed by atoms with van der Waals surface area (Å²) in [5.41, 5.74) is -0.213. The molecule has 3 aromatic carbocycles. The monoisotopic (exact) mass is 980 g/mol. The molecule has 4 heterocycles. The molecule has 6 aromatic rings. The normalized spacial score (nSPS) is 20.2. The van der Waals surface area contributed by atoms with Crippen LogP contribution in [0.15, 0.2) is 53.3 Å². The summed E-state index contributed by atoms with van der Waals surface area (Å²) in [6.45, 7) is 5.92. The Labute approximate surface area is 380 Å². The number of alkyl halides is 6. The SMILES string of the molecule is CC1(C)OB(c2ccc3c(=O)n(-c4ccc(Cl)c5c(NS(C)(=O)=O)nn(CC(F)F)c45)c([C@@H](Cc4cc(F)cc(F)c4)C(C(N)=O)n4nc(C(F)F)c5c4C(F)(F)[C@@H]4C[C@H]54)nc3c2)OC1(C)C. The van der Waals surface area contributed by atoms with Gasteiger partial charge in [-0.05, 0) is 93.9 Å². The number of aromatic nitrogens is 6. The molecule has 1 saturated heterocycles. The van der Waals surface area contributed by atoms with Crippen LogP contribution in [-0.2, 0) is 43.0 Å². The molecular formula is C42H38BClF8N8O6S. The molecular weight excluding hydrogens is 943 g/mol. The number of carbonyl (C=O) groups excluding carboxylic acids is 1. The molecule has 0 radical (unpaired) electrons. The van der Waals surface area contributed by atoms with E-state index < -0.39 is 147 Å². The fourth-order valence-corrected chi connectivity index (χ4v) is 9.95. The van der Waals surface area contributed by atoms with Gasteiger partial charge in [0, 0.05) is 17.5 Å². The van der Waals surface area contributed by atoms with Crippen LogP contribution in [0.2, 0.25) is 5.02 Å². The summed E-state index contributed by atoms with van der Waals surface area (Å²) in [6, 6.07) is 6.39. The number of halogens is 9. The highest BCUT2D eigenvalue weighted by atomic mass is 35.5. The first-order valence-electron chi connectivity index (χ1n) is 20.6. The summed E-state index contributed by atoms with van der Waals surface area (Å²) in [4.78, 5) is 34.3. The second-order valence-electron chi connectivity index (χ2n) is 18.0. The van der Waals surface area contributed by atoms with Crippen LogP contribution in [0.5, 0.6) is 0 Å². The van der Waals surface area contributed by atoms with E-state index in [1.165, 1.54) is 18.2 Å². The van der Waals surface area contributed by atoms with E-state index >= 15 is 22.4 Å². The molecule has 354 valence electrons. The number of nitrogens with two attached hydrogens (primary N) is 1. The highest BCUT2D eigenvalue weighted by Crippen LogP contribution is 2.68. The van der Waals surface area contributed by atoms with Crippen LogP contribution < -0.4 is 21.5 Å². The largest absolute Gasteiger partial charge is 0.494 e. The summed E-state index contributed by atoms with van der Waals surface area (Å²) in [6.07, 6.45) is -6.79. The molecule has 1 amide bonds. The summed E-state index contributed by atoms with van der Waals surface area (Å²) in [5.74, 6) is -13.2. The van der Waals surface area contributed by atoms with Crippen molar-refractivity contribution in [3.05, 3.63) is 104 Å². The smallest absolute Gasteiger partial charge is 0.399 e. The Kier molecular flexibility index (Phi) is 10.9. The summed E-state index contributed by atoms with van der Waals surface area (Å²) in [7, 11) is -5.24. The van der Waals surface area contributed by atoms with Crippen LogP contribution in [-0.4, -0.2) is 74.4 Å². The number of benzene rings is 3. The molecule has 9 rings (SSSR count). The lowest BCUT2D eigenvalue weighted by Gasteiger charge is -2.32. The van der Waals surface area contributed by atoms with Crippen LogP contribution in [0.3, 0.4) is 0 Å². The quantitative estimate of drug-likeness (QED) is 0.0912. The number of anilines is 1. The maximum Gasteiger partial charge on any atom is 0.494 e. The van der Waals surface area contributed by atoms with E-state index in [9.17, 15) is 30.8 Å². The Morgan fingerprint density at radius 2 is 1.66 bits per heavy atom. The van der Waals surface area contributed by atoms with E-state index in [0.717, 1.165) is 35.1 Å². The average molecular weight is 981 g/mol. The summed E-state index contributed by atoms with van der Waals surface area (Å²) in [5, 5.41) is 7.19. The lowest BCUT2D eigenvalue weighted by molar-refractivity contribution is -0.122. The van der Waals surface area contributed by atoms with Gasteiger partial charge in [0.1, 0.15) is 41.4 Å². The molecule has 1 aliphatic heterocycles. The molecule has 3 aromatic heterocycles. The first-order valence-corrected chi connectivity index (χ1v) is 22.9. The minimum atomic E-state index is -4.19. The molecule has 1 saturated carbocycles. The van der Waals surface area contributed by atoms with E-state index in [0.29, 0.717) is 20.9 Å². The highest BCUT2D eigenvalue weighted by molar-refractivity contribution is 7.92. The second kappa shape index (κ2) is 15.7. The van der Waals surface area contributed by atoms with Crippen molar-refractivity contribution in [2.24, 2.45) is 11.7 Å². The molecule has 1 unspecified atom stereocenters. The zero-order valence-corrected chi connectivity index (χ0v) is 37.4. The van der Waals surface area contributed by atoms with Gasteiger partial charge in [0.25, 0.3) is 24.3 Å². The number of hydrogen-bond acceptors (Lipinski definition) is 9. The summed E-state index contributed by atoms with van der Waals surface area (Å²) < 4.78 is 162. The van der Waals surface area contributed by atoms with Gasteiger partial charge in [-0.2, -0.15) is 19.0 Å². The van der Waals surface area contributed by atoms with Gasteiger partial charge < -0.3 is 15.0 Å². The predicted molar refractivity (Wildman–Crippen MR) is 229 cm³/mol. The van der Waals surface area contributed by atoms with Crippen molar-refractivity contribution in [3.8, 4) is 5.69 Å². The van der Waals surface area contributed by atoms with E-state index in [-0.39, 0.29) is 33.3 Å². The number of rotatable bonds is 13. The third kappa shape index (κ3) is 7.82. The van der Waals surface area contributed by atoms with Crippen LogP contribution in [0.1, 0.15) is 86.8 Å². The molecule has 25 heteroatoms. The first kappa shape index (κ1) is 46.5. The third-order valence-electron chi connectivity index (χ3n) is 12.9. The standard InChI is InChI=1S/C42H38BClF8N8O6S/c1-40(2)41(3,4)66-43(65-40)18-6-7-21-26(13-18)54-38(59(39(21)62)27-9-8-25(44)30-33(27)58(16-28(47)48)56-37(30)57-67(5,63)64)23(12-17-10-19(45)14-20(46)11-17)32(36(53)61)60-34-29(31(55-60)35(49)50)22-15-24(22)42(34,51)52/h6-11,13-14,22-24,28,32,35H,12,15-16H2,1-5H3,(H2,53,61)(H,56,57)/t22-,23-,24+,32?/m0/s1. The lowest BCUT2D eigenvalue weighted by Crippen LogP contribution is -2.41. The Morgan fingerprint density at radius 1 is 1.00 bits per heavy atom. The van der Waals surface area contributed by atoms with Crippen molar-refractivity contribution in [2.45, 2.75) is 94.9 Å². The maximum atomic E-state index is 16.3. The van der Waals surface area contributed by atoms with Crippen LogP contribution in [0.25, 0.3) is 27.5 Å². The number of nitrogens with one attached hydrogen (secondary N) is 1. The van der Waals surface area contributed by atoms with Gasteiger partial charge in [0.05, 0.1) is 55.9 Å². The number of carbonyl (C=O) groups is 1. The van der Waals surface area contributed by atoms with Gasteiger partial charge in [-0.1, -0.05) is 17.7 Å². The lowest BCUT2D eigenvalue weighted by atomic mass is 9.78. The van der Waals surface area contributed by atoms with E-state index in [2.05, 4.69) is 14.9 Å². The molecule has 14 nitrogen and oxygen atoms in total. The second-order valence-corrected chi connectivity index (χ2v) is 20.1. The Hall–Kier alpha value is -5.59. The number of hydrogen-bond donors (Lipinski definition) is 2. The van der Waals surface area contributed by atoms with Crippen molar-refractivity contribution in [3.63, 3.8) is 0 Å². The van der Waals surface area contributed by atoms with Gasteiger partial charge in [0.15, 0.2) is 5.82 Å². The molecule has 0 bridgehead atoms. The van der Waals surface area contributed by atoms with Gasteiger partial charge >= 0.3 is 7.12 Å². The summed E-state index contributed by atoms with van der Waals surface area (Å²) >= 11 is 6.61. The topological polar surface area (TPSA) is 178 Å². The van der Waals surface area contributed by atoms with Crippen LogP contribution in [0.4, 0.5) is 40.9 Å². The van der Waals surface area contributed by atoms with Crippen LogP contribution >= 0.6 is 11.6 Å². The van der Waals surface area contributed by atoms with Gasteiger partial charge in [-0.25, -0.2) is 44.4 Å². The Morgan fingerprint density at radius 3 is 2.25 bits per heavy atom. The van der Waals surface area contributed by atoms with E-state index in [1.807, 2.05) is 0 Å². The molecule has 2 fully saturated rings. The van der Waals surface area contributed by atoms with Crippen molar-refractivity contribution < 1.29 is 57.6 Å². The number of fused-ring (bicyclic) bond motifs is 5. The molecule has 2 aliphatic carbocycles. The number of sulfonamides is 1. The van der Waals surface area contributed by atoms with E-state index in [4.69, 9.17) is 31.6 Å². The first-order chi connectivity index (χ1) is 31.2. The third-order valence-corrected chi connectivity index (χ3v) is 13.7. The predicted octanol–water partition coefficient (Wildman–Crippen LogP) is 7.00. The number of amides is 1. The molecule has 67 heavy (non-hydrogen) atoms. The van der Waals surface area contributed by atoms with Gasteiger partial charge in [0.2, 0.25) is 15.9 Å². The van der Waals surface area contributed by atoms with Crippen molar-refractivity contribution in [2.75, 3.05) is 11.0 Å². The minimum absolute atomic E-state index is 0.162. The molecule has 3 N–H and O–H groups in total. The van der Waals surface area contributed by atoms with Gasteiger partial charge in [-0.3, -0.25) is 23.6 Å². The Bertz CT molecular complexity index is 3200.